The molecule has 1 amide bonds. The predicted molar refractivity (Wildman–Crippen MR) is 138 cm³/mol. The van der Waals surface area contributed by atoms with Crippen LogP contribution in [0.5, 0.6) is 5.75 Å². The Hall–Kier alpha value is -4.50. The Morgan fingerprint density at radius 1 is 1.07 bits per heavy atom. The van der Waals surface area contributed by atoms with Crippen LogP contribution < -0.4 is 5.73 Å². The van der Waals surface area contributed by atoms with Gasteiger partial charge in [-0.15, -0.1) is 0 Å². The number of likely N-dealkylation sites (N-methyl/N-ethyl adjacent to an activating group) is 1. The summed E-state index contributed by atoms with van der Waals surface area (Å²) in [5, 5.41) is 43.4. The van der Waals surface area contributed by atoms with Crippen molar-refractivity contribution in [3.8, 4) is 11.8 Å². The summed E-state index contributed by atoms with van der Waals surface area (Å²) in [5.41, 5.74) is 3.39. The van der Waals surface area contributed by atoms with E-state index in [0.29, 0.717) is 11.1 Å². The molecule has 3 aliphatic rings. The average molecular weight is 544 g/mol. The molecule has 11 heteroatoms. The number of fused-ring (bicyclic) bond motifs is 3. The van der Waals surface area contributed by atoms with Crippen molar-refractivity contribution < 1.29 is 39.3 Å². The van der Waals surface area contributed by atoms with E-state index >= 15 is 0 Å². The second kappa shape index (κ2) is 9.31. The number of amides is 1. The largest absolute Gasteiger partial charge is 0.507 e. The fourth-order valence-electron chi connectivity index (χ4n) is 6.50. The molecule has 0 heterocycles. The number of hydrogen-bond donors (Lipinski definition) is 4. The van der Waals surface area contributed by atoms with Crippen LogP contribution in [-0.4, -0.2) is 81.1 Å². The van der Waals surface area contributed by atoms with Crippen LogP contribution in [0.25, 0.3) is 11.6 Å². The number of phenols is 1. The molecule has 0 aliphatic heterocycles. The van der Waals surface area contributed by atoms with Gasteiger partial charge in [-0.25, -0.2) is 0 Å². The maximum absolute atomic E-state index is 14.1. The van der Waals surface area contributed by atoms with Crippen molar-refractivity contribution in [3.63, 3.8) is 0 Å². The summed E-state index contributed by atoms with van der Waals surface area (Å²) in [6.45, 7) is 0. The van der Waals surface area contributed by atoms with Gasteiger partial charge in [-0.2, -0.15) is 5.26 Å². The smallest absolute Gasteiger partial charge is 0.235 e. The van der Waals surface area contributed by atoms with Crippen LogP contribution in [0.1, 0.15) is 27.0 Å². The molecule has 40 heavy (non-hydrogen) atoms. The standard InChI is InChI=1S/C29H25N3O8/c1-32(2)22-21-24(35)18-15(10-12-6-8-13(11-30)9-7-12)14-4-3-5-16(33)17(14)23(34)19(18)26(37)29(21,40)27(38)20(25(22)36)28(31)39/h3-10,18-22,24,33,35,40H,1-2H3,(H2,31,39)/t18-,19?,20?,21-,22+,24+,29+/m1/s1. The van der Waals surface area contributed by atoms with Crippen LogP contribution >= 0.6 is 0 Å². The maximum Gasteiger partial charge on any atom is 0.235 e. The van der Waals surface area contributed by atoms with Crippen LogP contribution in [0, 0.1) is 35.0 Å². The van der Waals surface area contributed by atoms with Gasteiger partial charge in [0.25, 0.3) is 0 Å². The third kappa shape index (κ3) is 3.57. The van der Waals surface area contributed by atoms with Crippen molar-refractivity contribution in [3.05, 3.63) is 64.7 Å². The summed E-state index contributed by atoms with van der Waals surface area (Å²) >= 11 is 0. The number of aliphatic hydroxyl groups excluding tert-OH is 1. The van der Waals surface area contributed by atoms with Gasteiger partial charge in [0.1, 0.15) is 5.75 Å². The molecule has 0 radical (unpaired) electrons. The first kappa shape index (κ1) is 27.1. The third-order valence-corrected chi connectivity index (χ3v) is 8.23. The lowest BCUT2D eigenvalue weighted by Crippen LogP contribution is -2.77. The second-order valence-electron chi connectivity index (χ2n) is 10.6. The Labute approximate surface area is 228 Å². The minimum Gasteiger partial charge on any atom is -0.507 e. The Balaban J connectivity index is 1.79. The van der Waals surface area contributed by atoms with Gasteiger partial charge >= 0.3 is 0 Å². The van der Waals surface area contributed by atoms with Gasteiger partial charge in [-0.1, -0.05) is 30.3 Å². The monoisotopic (exact) mass is 543 g/mol. The molecule has 5 rings (SSSR count). The molecule has 5 N–H and O–H groups in total. The van der Waals surface area contributed by atoms with Crippen molar-refractivity contribution in [1.82, 2.24) is 4.90 Å². The lowest BCUT2D eigenvalue weighted by Gasteiger charge is -2.55. The van der Waals surface area contributed by atoms with Gasteiger partial charge in [-0.3, -0.25) is 28.9 Å². The van der Waals surface area contributed by atoms with Crippen LogP contribution in [0.15, 0.2) is 42.5 Å². The van der Waals surface area contributed by atoms with E-state index in [1.807, 2.05) is 6.07 Å². The van der Waals surface area contributed by atoms with E-state index in [4.69, 9.17) is 11.0 Å². The molecule has 2 aromatic carbocycles. The zero-order chi connectivity index (χ0) is 29.3. The van der Waals surface area contributed by atoms with Gasteiger partial charge in [0, 0.05) is 5.92 Å². The Morgan fingerprint density at radius 3 is 2.30 bits per heavy atom. The minimum absolute atomic E-state index is 0.220. The summed E-state index contributed by atoms with van der Waals surface area (Å²) in [5.74, 6) is -13.5. The lowest BCUT2D eigenvalue weighted by atomic mass is 9.50. The molecule has 2 aromatic rings. The number of benzene rings is 2. The molecule has 0 bridgehead atoms. The number of rotatable bonds is 3. The summed E-state index contributed by atoms with van der Waals surface area (Å²) in [7, 11) is 2.85. The van der Waals surface area contributed by atoms with Crippen LogP contribution in [0.2, 0.25) is 0 Å². The molecule has 0 spiro atoms. The Morgan fingerprint density at radius 2 is 1.73 bits per heavy atom. The molecule has 0 aromatic heterocycles. The van der Waals surface area contributed by atoms with E-state index in [1.165, 1.54) is 37.2 Å². The van der Waals surface area contributed by atoms with Crippen molar-refractivity contribution in [2.45, 2.75) is 17.7 Å². The highest BCUT2D eigenvalue weighted by Crippen LogP contribution is 2.54. The number of phenolic OH excluding ortho intramolecular Hbond substituents is 1. The molecule has 7 atom stereocenters. The number of nitrogens with zero attached hydrogens (tertiary/aromatic N) is 2. The molecule has 3 aliphatic carbocycles. The zero-order valence-electron chi connectivity index (χ0n) is 21.4. The number of hydrogen-bond acceptors (Lipinski definition) is 10. The van der Waals surface area contributed by atoms with Gasteiger partial charge in [0.15, 0.2) is 34.7 Å². The van der Waals surface area contributed by atoms with E-state index < -0.39 is 76.2 Å². The van der Waals surface area contributed by atoms with E-state index in [1.54, 1.807) is 30.3 Å². The number of carbonyl (C=O) groups is 5. The molecular formula is C29H25N3O8. The number of carbonyl (C=O) groups excluding carboxylic acids is 5. The number of Topliss-reactive ketones (excluding diaryl/α,β-unsaturated/α-hetero) is 4. The van der Waals surface area contributed by atoms with Crippen LogP contribution in [0.4, 0.5) is 0 Å². The summed E-state index contributed by atoms with van der Waals surface area (Å²) in [6, 6.07) is 11.1. The van der Waals surface area contributed by atoms with E-state index in [2.05, 4.69) is 0 Å². The highest BCUT2D eigenvalue weighted by molar-refractivity contribution is 6.33. The quantitative estimate of drug-likeness (QED) is 0.373. The van der Waals surface area contributed by atoms with Gasteiger partial charge in [0.2, 0.25) is 5.91 Å². The SMILES string of the molecule is CN(C)[C@@H]1C(=O)C(C(N)=O)C(=O)[C@@]2(O)C(=O)C3C(=O)c4c(O)cccc4C(=Cc4ccc(C#N)cc4)[C@H]3[C@H](O)[C@@H]12. The number of aliphatic hydroxyl groups is 2. The normalized spacial score (nSPS) is 32.4. The van der Waals surface area contributed by atoms with Crippen molar-refractivity contribution in [2.75, 3.05) is 14.1 Å². The molecule has 2 saturated carbocycles. The summed E-state index contributed by atoms with van der Waals surface area (Å²) in [6.07, 6.45) is -0.223. The minimum atomic E-state index is -3.08. The summed E-state index contributed by atoms with van der Waals surface area (Å²) in [4.78, 5) is 68.1. The van der Waals surface area contributed by atoms with E-state index in [0.717, 1.165) is 0 Å². The first-order chi connectivity index (χ1) is 18.9. The predicted octanol–water partition coefficient (Wildman–Crippen LogP) is -0.292. The zero-order valence-corrected chi connectivity index (χ0v) is 21.4. The number of nitriles is 1. The van der Waals surface area contributed by atoms with Crippen LogP contribution in [-0.2, 0) is 19.2 Å². The molecule has 11 nitrogen and oxygen atoms in total. The Kier molecular flexibility index (Phi) is 6.30. The van der Waals surface area contributed by atoms with Crippen molar-refractivity contribution in [2.24, 2.45) is 29.4 Å². The van der Waals surface area contributed by atoms with Crippen molar-refractivity contribution in [1.29, 1.82) is 5.26 Å². The molecule has 2 unspecified atom stereocenters. The number of primary amides is 1. The number of ketones is 4. The second-order valence-corrected chi connectivity index (χ2v) is 10.6. The van der Waals surface area contributed by atoms with Gasteiger partial charge < -0.3 is 21.1 Å². The Bertz CT molecular complexity index is 1570. The highest BCUT2D eigenvalue weighted by atomic mass is 16.3. The fourth-order valence-corrected chi connectivity index (χ4v) is 6.50. The average Bonchev–Trinajstić information content (AvgIpc) is 2.90. The van der Waals surface area contributed by atoms with Crippen LogP contribution in [0.3, 0.4) is 0 Å². The lowest BCUT2D eigenvalue weighted by molar-refractivity contribution is -0.192. The summed E-state index contributed by atoms with van der Waals surface area (Å²) < 4.78 is 0. The highest BCUT2D eigenvalue weighted by Gasteiger charge is 2.72. The molecular weight excluding hydrogens is 518 g/mol. The molecule has 204 valence electrons. The maximum atomic E-state index is 14.1. The first-order valence-electron chi connectivity index (χ1n) is 12.4. The van der Waals surface area contributed by atoms with E-state index in [9.17, 15) is 39.3 Å². The van der Waals surface area contributed by atoms with Crippen molar-refractivity contribution >= 4 is 40.7 Å². The fraction of sp³-hybridized carbons (Fsp3) is 0.310. The molecule has 2 fully saturated rings. The first-order valence-corrected chi connectivity index (χ1v) is 12.4. The van der Waals surface area contributed by atoms with E-state index in [-0.39, 0.29) is 16.7 Å². The third-order valence-electron chi connectivity index (χ3n) is 8.23. The number of aromatic hydroxyl groups is 1. The topological polar surface area (TPSA) is 199 Å². The van der Waals surface area contributed by atoms with Gasteiger partial charge in [0.05, 0.1) is 41.2 Å². The molecule has 0 saturated heterocycles. The number of nitrogens with two attached hydrogens (primary N) is 1. The van der Waals surface area contributed by atoms with Gasteiger partial charge in [-0.05, 0) is 49.0 Å².